The quantitative estimate of drug-likeness (QED) is 0.802. The minimum absolute atomic E-state index is 0.114. The monoisotopic (exact) mass is 266 g/mol. The molecule has 3 nitrogen and oxygen atoms in total. The smallest absolute Gasteiger partial charge is 0.187 e. The lowest BCUT2D eigenvalue weighted by molar-refractivity contribution is -0.191. The zero-order valence-corrected chi connectivity index (χ0v) is 12.6. The Balaban J connectivity index is 2.83. The molecule has 1 aromatic rings. The molecule has 1 aromatic carbocycles. The van der Waals surface area contributed by atoms with E-state index >= 15 is 0 Å². The van der Waals surface area contributed by atoms with Crippen molar-refractivity contribution in [2.24, 2.45) is 0 Å². The fraction of sp³-hybridized carbons (Fsp3) is 0.625. The molecule has 1 N–H and O–H groups in total. The highest BCUT2D eigenvalue weighted by Crippen LogP contribution is 2.26. The second kappa shape index (κ2) is 7.04. The first-order chi connectivity index (χ1) is 8.90. The van der Waals surface area contributed by atoms with Gasteiger partial charge in [0.2, 0.25) is 0 Å². The molecule has 0 radical (unpaired) electrons. The van der Waals surface area contributed by atoms with Gasteiger partial charge in [-0.2, -0.15) is 0 Å². The van der Waals surface area contributed by atoms with E-state index < -0.39 is 12.4 Å². The summed E-state index contributed by atoms with van der Waals surface area (Å²) in [5.74, 6) is 0. The Morgan fingerprint density at radius 1 is 1.00 bits per heavy atom. The molecule has 108 valence electrons. The van der Waals surface area contributed by atoms with Crippen LogP contribution in [0.5, 0.6) is 0 Å². The topological polar surface area (TPSA) is 38.7 Å². The molecule has 3 heteroatoms. The molecule has 1 atom stereocenters. The third-order valence-electron chi connectivity index (χ3n) is 3.04. The second-order valence-electron chi connectivity index (χ2n) is 5.60. The van der Waals surface area contributed by atoms with Gasteiger partial charge in [0.25, 0.3) is 0 Å². The summed E-state index contributed by atoms with van der Waals surface area (Å²) in [6.45, 7) is 11.3. The van der Waals surface area contributed by atoms with E-state index in [9.17, 15) is 5.11 Å². The highest BCUT2D eigenvalue weighted by molar-refractivity contribution is 5.28. The van der Waals surface area contributed by atoms with Crippen LogP contribution in [0.1, 0.15) is 51.8 Å². The molecule has 0 saturated carbocycles. The predicted molar refractivity (Wildman–Crippen MR) is 77.1 cm³/mol. The molecule has 0 fully saturated rings. The molecule has 19 heavy (non-hydrogen) atoms. The van der Waals surface area contributed by atoms with Crippen molar-refractivity contribution in [3.05, 3.63) is 35.4 Å². The van der Waals surface area contributed by atoms with E-state index in [1.54, 1.807) is 0 Å². The van der Waals surface area contributed by atoms with Crippen molar-refractivity contribution in [3.8, 4) is 0 Å². The van der Waals surface area contributed by atoms with Gasteiger partial charge in [0.05, 0.1) is 0 Å². The fourth-order valence-corrected chi connectivity index (χ4v) is 1.90. The SMILES string of the molecule is CCOC(OCC)C(O)c1ccc(C(C)(C)C)cc1. The Kier molecular flexibility index (Phi) is 5.98. The van der Waals surface area contributed by atoms with E-state index in [0.29, 0.717) is 13.2 Å². The number of benzene rings is 1. The molecule has 0 bridgehead atoms. The van der Waals surface area contributed by atoms with Crippen molar-refractivity contribution < 1.29 is 14.6 Å². The van der Waals surface area contributed by atoms with Gasteiger partial charge < -0.3 is 14.6 Å². The molecular formula is C16H26O3. The maximum Gasteiger partial charge on any atom is 0.187 e. The molecule has 0 aliphatic carbocycles. The van der Waals surface area contributed by atoms with E-state index in [4.69, 9.17) is 9.47 Å². The minimum Gasteiger partial charge on any atom is -0.383 e. The maximum absolute atomic E-state index is 10.3. The molecule has 0 saturated heterocycles. The van der Waals surface area contributed by atoms with Gasteiger partial charge in [0.1, 0.15) is 6.10 Å². The third-order valence-corrected chi connectivity index (χ3v) is 3.04. The van der Waals surface area contributed by atoms with Crippen molar-refractivity contribution in [1.82, 2.24) is 0 Å². The van der Waals surface area contributed by atoms with Crippen LogP contribution in [0.2, 0.25) is 0 Å². The summed E-state index contributed by atoms with van der Waals surface area (Å²) in [7, 11) is 0. The van der Waals surface area contributed by atoms with E-state index in [-0.39, 0.29) is 5.41 Å². The average molecular weight is 266 g/mol. The van der Waals surface area contributed by atoms with Crippen molar-refractivity contribution in [3.63, 3.8) is 0 Å². The molecule has 0 spiro atoms. The van der Waals surface area contributed by atoms with Gasteiger partial charge >= 0.3 is 0 Å². The molecule has 0 amide bonds. The maximum atomic E-state index is 10.3. The van der Waals surface area contributed by atoms with Gasteiger partial charge in [0.15, 0.2) is 6.29 Å². The van der Waals surface area contributed by atoms with E-state index in [0.717, 1.165) is 5.56 Å². The Hall–Kier alpha value is -0.900. The number of hydrogen-bond acceptors (Lipinski definition) is 3. The largest absolute Gasteiger partial charge is 0.383 e. The molecule has 0 aliphatic rings. The van der Waals surface area contributed by atoms with Gasteiger partial charge in [-0.3, -0.25) is 0 Å². The standard InChI is InChI=1S/C16H26O3/c1-6-18-15(19-7-2)14(17)12-8-10-13(11-9-12)16(3,4)5/h8-11,14-15,17H,6-7H2,1-5H3. The normalized spacial score (nSPS) is 13.8. The lowest BCUT2D eigenvalue weighted by Crippen LogP contribution is -2.25. The zero-order chi connectivity index (χ0) is 14.5. The van der Waals surface area contributed by atoms with Gasteiger partial charge in [-0.25, -0.2) is 0 Å². The summed E-state index contributed by atoms with van der Waals surface area (Å²) in [5.41, 5.74) is 2.18. The summed E-state index contributed by atoms with van der Waals surface area (Å²) >= 11 is 0. The molecule has 0 heterocycles. The van der Waals surface area contributed by atoms with Crippen LogP contribution in [0.15, 0.2) is 24.3 Å². The van der Waals surface area contributed by atoms with Crippen LogP contribution in [-0.2, 0) is 14.9 Å². The molecule has 1 unspecified atom stereocenters. The van der Waals surface area contributed by atoms with Crippen molar-refractivity contribution in [2.45, 2.75) is 52.4 Å². The van der Waals surface area contributed by atoms with Crippen molar-refractivity contribution >= 4 is 0 Å². The third kappa shape index (κ3) is 4.60. The van der Waals surface area contributed by atoms with Crippen LogP contribution in [0.4, 0.5) is 0 Å². The lowest BCUT2D eigenvalue weighted by atomic mass is 9.86. The van der Waals surface area contributed by atoms with Gasteiger partial charge in [-0.1, -0.05) is 45.0 Å². The first-order valence-electron chi connectivity index (χ1n) is 6.91. The van der Waals surface area contributed by atoms with Crippen molar-refractivity contribution in [2.75, 3.05) is 13.2 Å². The Morgan fingerprint density at radius 3 is 1.84 bits per heavy atom. The van der Waals surface area contributed by atoms with Crippen LogP contribution in [0.3, 0.4) is 0 Å². The summed E-state index contributed by atoms with van der Waals surface area (Å²) in [6.07, 6.45) is -1.36. The molecule has 0 aromatic heterocycles. The fourth-order valence-electron chi connectivity index (χ4n) is 1.90. The predicted octanol–water partition coefficient (Wildman–Crippen LogP) is 3.42. The number of rotatable bonds is 6. The van der Waals surface area contributed by atoms with Crippen LogP contribution in [0.25, 0.3) is 0 Å². The highest BCUT2D eigenvalue weighted by atomic mass is 16.7. The van der Waals surface area contributed by atoms with Crippen molar-refractivity contribution in [1.29, 1.82) is 0 Å². The number of aliphatic hydroxyl groups is 1. The second-order valence-corrected chi connectivity index (χ2v) is 5.60. The Bertz CT molecular complexity index is 359. The summed E-state index contributed by atoms with van der Waals surface area (Å²) in [6, 6.07) is 7.98. The van der Waals surface area contributed by atoms with E-state index in [2.05, 4.69) is 20.8 Å². The van der Waals surface area contributed by atoms with Crippen LogP contribution < -0.4 is 0 Å². The highest BCUT2D eigenvalue weighted by Gasteiger charge is 2.22. The minimum atomic E-state index is -0.756. The number of hydrogen-bond donors (Lipinski definition) is 1. The molecular weight excluding hydrogens is 240 g/mol. The first kappa shape index (κ1) is 16.2. The number of aliphatic hydroxyl groups excluding tert-OH is 1. The average Bonchev–Trinajstić information content (AvgIpc) is 2.37. The van der Waals surface area contributed by atoms with Crippen LogP contribution >= 0.6 is 0 Å². The summed E-state index contributed by atoms with van der Waals surface area (Å²) in [5, 5.41) is 10.3. The van der Waals surface area contributed by atoms with Gasteiger partial charge in [-0.05, 0) is 30.4 Å². The van der Waals surface area contributed by atoms with E-state index in [1.807, 2.05) is 38.1 Å². The summed E-state index contributed by atoms with van der Waals surface area (Å²) in [4.78, 5) is 0. The first-order valence-corrected chi connectivity index (χ1v) is 6.91. The van der Waals surface area contributed by atoms with E-state index in [1.165, 1.54) is 5.56 Å². The van der Waals surface area contributed by atoms with Crippen LogP contribution in [0, 0.1) is 0 Å². The van der Waals surface area contributed by atoms with Gasteiger partial charge in [0, 0.05) is 13.2 Å². The molecule has 1 rings (SSSR count). The lowest BCUT2D eigenvalue weighted by Gasteiger charge is -2.24. The van der Waals surface area contributed by atoms with Gasteiger partial charge in [-0.15, -0.1) is 0 Å². The summed E-state index contributed by atoms with van der Waals surface area (Å²) < 4.78 is 10.8. The Labute approximate surface area is 116 Å². The Morgan fingerprint density at radius 2 is 1.47 bits per heavy atom. The van der Waals surface area contributed by atoms with Crippen LogP contribution in [-0.4, -0.2) is 24.6 Å². The number of ether oxygens (including phenoxy) is 2. The molecule has 0 aliphatic heterocycles. The zero-order valence-electron chi connectivity index (χ0n) is 12.6.